The fourth-order valence-corrected chi connectivity index (χ4v) is 3.25. The second-order valence-corrected chi connectivity index (χ2v) is 6.29. The molecule has 1 aromatic heterocycles. The van der Waals surface area contributed by atoms with E-state index in [1.54, 1.807) is 12.3 Å². The highest BCUT2D eigenvalue weighted by Gasteiger charge is 2.30. The fraction of sp³-hybridized carbons (Fsp3) is 0.368. The van der Waals surface area contributed by atoms with Gasteiger partial charge in [-0.1, -0.05) is 29.8 Å². The maximum Gasteiger partial charge on any atom is 0.223 e. The van der Waals surface area contributed by atoms with Gasteiger partial charge in [-0.3, -0.25) is 9.78 Å². The summed E-state index contributed by atoms with van der Waals surface area (Å²) in [7, 11) is 0. The number of likely N-dealkylation sites (tertiary alicyclic amines) is 1. The lowest BCUT2D eigenvalue weighted by molar-refractivity contribution is -0.132. The van der Waals surface area contributed by atoms with Crippen LogP contribution < -0.4 is 4.74 Å². The third-order valence-electron chi connectivity index (χ3n) is 4.23. The molecule has 126 valence electrons. The monoisotopic (exact) mass is 344 g/mol. The molecule has 1 aliphatic heterocycles. The van der Waals surface area contributed by atoms with Gasteiger partial charge < -0.3 is 9.64 Å². The Morgan fingerprint density at radius 1 is 1.25 bits per heavy atom. The summed E-state index contributed by atoms with van der Waals surface area (Å²) in [6.45, 7) is 1.29. The van der Waals surface area contributed by atoms with Gasteiger partial charge in [-0.05, 0) is 43.5 Å². The molecule has 0 bridgehead atoms. The molecule has 24 heavy (non-hydrogen) atoms. The number of para-hydroxylation sites is 1. The van der Waals surface area contributed by atoms with E-state index in [0.29, 0.717) is 30.2 Å². The SMILES string of the molecule is O=C(CCCOc1ccccc1Cl)N1CCCC1c1ccccn1. The van der Waals surface area contributed by atoms with E-state index < -0.39 is 0 Å². The molecule has 1 unspecified atom stereocenters. The molecule has 2 heterocycles. The van der Waals surface area contributed by atoms with Crippen LogP contribution in [0.4, 0.5) is 0 Å². The first-order valence-electron chi connectivity index (χ1n) is 8.33. The van der Waals surface area contributed by atoms with Gasteiger partial charge in [0, 0.05) is 19.2 Å². The Morgan fingerprint density at radius 3 is 2.88 bits per heavy atom. The van der Waals surface area contributed by atoms with Crippen molar-refractivity contribution in [3.8, 4) is 5.75 Å². The Hall–Kier alpha value is -2.07. The fourth-order valence-electron chi connectivity index (χ4n) is 3.06. The number of amides is 1. The van der Waals surface area contributed by atoms with Gasteiger partial charge in [0.2, 0.25) is 5.91 Å². The average molecular weight is 345 g/mol. The predicted octanol–water partition coefficient (Wildman–Crippen LogP) is 4.26. The van der Waals surface area contributed by atoms with E-state index in [1.807, 2.05) is 41.3 Å². The van der Waals surface area contributed by atoms with Gasteiger partial charge in [-0.15, -0.1) is 0 Å². The zero-order valence-corrected chi connectivity index (χ0v) is 14.3. The number of ether oxygens (including phenoxy) is 1. The molecular formula is C19H21ClN2O2. The largest absolute Gasteiger partial charge is 0.492 e. The average Bonchev–Trinajstić information content (AvgIpc) is 3.10. The topological polar surface area (TPSA) is 42.4 Å². The highest BCUT2D eigenvalue weighted by atomic mass is 35.5. The summed E-state index contributed by atoms with van der Waals surface area (Å²) in [4.78, 5) is 18.9. The summed E-state index contributed by atoms with van der Waals surface area (Å²) >= 11 is 6.05. The van der Waals surface area contributed by atoms with Gasteiger partial charge in [-0.25, -0.2) is 0 Å². The molecule has 2 aromatic rings. The number of halogens is 1. The molecule has 3 rings (SSSR count). The molecular weight excluding hydrogens is 324 g/mol. The van der Waals surface area contributed by atoms with Gasteiger partial charge in [0.05, 0.1) is 23.4 Å². The normalized spacial score (nSPS) is 17.0. The number of hydrogen-bond acceptors (Lipinski definition) is 3. The minimum Gasteiger partial charge on any atom is -0.492 e. The van der Waals surface area contributed by atoms with Gasteiger partial charge in [0.15, 0.2) is 0 Å². The second-order valence-electron chi connectivity index (χ2n) is 5.88. The van der Waals surface area contributed by atoms with Crippen LogP contribution in [0.5, 0.6) is 5.75 Å². The van der Waals surface area contributed by atoms with Crippen molar-refractivity contribution < 1.29 is 9.53 Å². The van der Waals surface area contributed by atoms with Crippen LogP contribution in [-0.2, 0) is 4.79 Å². The molecule has 1 saturated heterocycles. The summed E-state index contributed by atoms with van der Waals surface area (Å²) in [5.74, 6) is 0.838. The standard InChI is InChI=1S/C19H21ClN2O2/c20-15-7-1-2-10-18(15)24-14-6-11-19(23)22-13-5-9-17(22)16-8-3-4-12-21-16/h1-4,7-8,10,12,17H,5-6,9,11,13-14H2. The molecule has 1 aliphatic rings. The second kappa shape index (κ2) is 8.15. The minimum absolute atomic E-state index is 0.114. The van der Waals surface area contributed by atoms with Gasteiger partial charge in [-0.2, -0.15) is 0 Å². The van der Waals surface area contributed by atoms with Crippen LogP contribution >= 0.6 is 11.6 Å². The smallest absolute Gasteiger partial charge is 0.223 e. The Morgan fingerprint density at radius 2 is 2.08 bits per heavy atom. The van der Waals surface area contributed by atoms with E-state index in [1.165, 1.54) is 0 Å². The third-order valence-corrected chi connectivity index (χ3v) is 4.54. The molecule has 0 saturated carbocycles. The van der Waals surface area contributed by atoms with Crippen LogP contribution in [0.25, 0.3) is 0 Å². The Labute approximate surface area is 147 Å². The molecule has 0 radical (unpaired) electrons. The van der Waals surface area contributed by atoms with E-state index in [2.05, 4.69) is 4.98 Å². The molecule has 4 nitrogen and oxygen atoms in total. The van der Waals surface area contributed by atoms with Crippen LogP contribution in [0.15, 0.2) is 48.7 Å². The summed E-state index contributed by atoms with van der Waals surface area (Å²) < 4.78 is 5.65. The van der Waals surface area contributed by atoms with Crippen LogP contribution in [0.3, 0.4) is 0 Å². The number of benzene rings is 1. The molecule has 1 amide bonds. The van der Waals surface area contributed by atoms with E-state index in [0.717, 1.165) is 25.1 Å². The van der Waals surface area contributed by atoms with Crippen molar-refractivity contribution in [2.75, 3.05) is 13.2 Å². The van der Waals surface area contributed by atoms with Gasteiger partial charge >= 0.3 is 0 Å². The zero-order valence-electron chi connectivity index (χ0n) is 13.5. The molecule has 1 fully saturated rings. The lowest BCUT2D eigenvalue weighted by Gasteiger charge is -2.24. The maximum absolute atomic E-state index is 12.5. The van der Waals surface area contributed by atoms with Crippen molar-refractivity contribution in [2.24, 2.45) is 0 Å². The summed E-state index contributed by atoms with van der Waals surface area (Å²) in [5, 5.41) is 0.596. The van der Waals surface area contributed by atoms with E-state index in [9.17, 15) is 4.79 Å². The number of rotatable bonds is 6. The van der Waals surface area contributed by atoms with Crippen LogP contribution in [0, 0.1) is 0 Å². The summed E-state index contributed by atoms with van der Waals surface area (Å²) in [6.07, 6.45) is 4.96. The number of pyridine rings is 1. The zero-order chi connectivity index (χ0) is 16.8. The Balaban J connectivity index is 1.49. The molecule has 0 N–H and O–H groups in total. The summed E-state index contributed by atoms with van der Waals surface area (Å²) in [6, 6.07) is 13.4. The van der Waals surface area contributed by atoms with Gasteiger partial charge in [0.25, 0.3) is 0 Å². The first-order chi connectivity index (χ1) is 11.8. The molecule has 1 atom stereocenters. The number of nitrogens with zero attached hydrogens (tertiary/aromatic N) is 2. The Kier molecular flexibility index (Phi) is 5.70. The van der Waals surface area contributed by atoms with Crippen molar-refractivity contribution in [1.29, 1.82) is 0 Å². The van der Waals surface area contributed by atoms with Crippen LogP contribution in [-0.4, -0.2) is 28.9 Å². The van der Waals surface area contributed by atoms with Gasteiger partial charge in [0.1, 0.15) is 5.75 Å². The molecule has 5 heteroatoms. The van der Waals surface area contributed by atoms with Crippen molar-refractivity contribution >= 4 is 17.5 Å². The Bertz CT molecular complexity index is 678. The number of carbonyl (C=O) groups excluding carboxylic acids is 1. The third kappa shape index (κ3) is 4.06. The number of carbonyl (C=O) groups is 1. The highest BCUT2D eigenvalue weighted by molar-refractivity contribution is 6.32. The van der Waals surface area contributed by atoms with E-state index >= 15 is 0 Å². The summed E-state index contributed by atoms with van der Waals surface area (Å²) in [5.41, 5.74) is 0.982. The first-order valence-corrected chi connectivity index (χ1v) is 8.71. The van der Waals surface area contributed by atoms with Crippen molar-refractivity contribution in [2.45, 2.75) is 31.7 Å². The maximum atomic E-state index is 12.5. The van der Waals surface area contributed by atoms with E-state index in [-0.39, 0.29) is 11.9 Å². The lowest BCUT2D eigenvalue weighted by Crippen LogP contribution is -2.31. The van der Waals surface area contributed by atoms with Crippen molar-refractivity contribution in [3.63, 3.8) is 0 Å². The van der Waals surface area contributed by atoms with Crippen molar-refractivity contribution in [1.82, 2.24) is 9.88 Å². The highest BCUT2D eigenvalue weighted by Crippen LogP contribution is 2.31. The quantitative estimate of drug-likeness (QED) is 0.735. The lowest BCUT2D eigenvalue weighted by atomic mass is 10.1. The van der Waals surface area contributed by atoms with Crippen LogP contribution in [0.2, 0.25) is 5.02 Å². The van der Waals surface area contributed by atoms with E-state index in [4.69, 9.17) is 16.3 Å². The molecule has 0 spiro atoms. The number of hydrogen-bond donors (Lipinski definition) is 0. The predicted molar refractivity (Wildman–Crippen MR) is 94.1 cm³/mol. The minimum atomic E-state index is 0.114. The van der Waals surface area contributed by atoms with Crippen molar-refractivity contribution in [3.05, 3.63) is 59.4 Å². The molecule has 1 aromatic carbocycles. The first kappa shape index (κ1) is 16.8. The van der Waals surface area contributed by atoms with Crippen LogP contribution in [0.1, 0.15) is 37.4 Å². The number of aromatic nitrogens is 1. The molecule has 0 aliphatic carbocycles.